The second-order valence-corrected chi connectivity index (χ2v) is 3.61. The molecule has 0 fully saturated rings. The highest BCUT2D eigenvalue weighted by atomic mass is 16.7. The largest absolute Gasteiger partial charge is 0.349 e. The normalized spacial score (nSPS) is 21.2. The molecule has 15 heavy (non-hydrogen) atoms. The predicted molar refractivity (Wildman–Crippen MR) is 59.3 cm³/mol. The minimum absolute atomic E-state index is 0.173. The SMILES string of the molecule is C1=C[C@H](OCc2ccccc2)OCCC1. The fourth-order valence-corrected chi connectivity index (χ4v) is 1.52. The molecule has 0 radical (unpaired) electrons. The van der Waals surface area contributed by atoms with Gasteiger partial charge in [0.25, 0.3) is 0 Å². The molecule has 1 aliphatic heterocycles. The maximum absolute atomic E-state index is 5.64. The van der Waals surface area contributed by atoms with Crippen molar-refractivity contribution in [1.29, 1.82) is 0 Å². The Balaban J connectivity index is 1.82. The van der Waals surface area contributed by atoms with Gasteiger partial charge in [-0.25, -0.2) is 0 Å². The molecular weight excluding hydrogens is 188 g/mol. The van der Waals surface area contributed by atoms with Gasteiger partial charge in [0, 0.05) is 0 Å². The van der Waals surface area contributed by atoms with Crippen LogP contribution in [0.4, 0.5) is 0 Å². The molecule has 0 aliphatic carbocycles. The van der Waals surface area contributed by atoms with Crippen LogP contribution in [-0.4, -0.2) is 12.9 Å². The van der Waals surface area contributed by atoms with Crippen LogP contribution in [-0.2, 0) is 16.1 Å². The topological polar surface area (TPSA) is 18.5 Å². The molecule has 1 aliphatic rings. The number of hydrogen-bond acceptors (Lipinski definition) is 2. The fourth-order valence-electron chi connectivity index (χ4n) is 1.52. The van der Waals surface area contributed by atoms with Crippen molar-refractivity contribution in [3.05, 3.63) is 48.0 Å². The zero-order valence-electron chi connectivity index (χ0n) is 8.76. The first kappa shape index (κ1) is 10.4. The van der Waals surface area contributed by atoms with Crippen molar-refractivity contribution < 1.29 is 9.47 Å². The quantitative estimate of drug-likeness (QED) is 0.705. The summed E-state index contributed by atoms with van der Waals surface area (Å²) < 4.78 is 11.2. The minimum atomic E-state index is -0.173. The maximum atomic E-state index is 5.64. The summed E-state index contributed by atoms with van der Waals surface area (Å²) in [6, 6.07) is 10.2. The van der Waals surface area contributed by atoms with Gasteiger partial charge in [-0.05, 0) is 24.5 Å². The summed E-state index contributed by atoms with van der Waals surface area (Å²) in [5.41, 5.74) is 1.18. The Kier molecular flexibility index (Phi) is 3.94. The lowest BCUT2D eigenvalue weighted by molar-refractivity contribution is -0.117. The molecule has 0 spiro atoms. The Morgan fingerprint density at radius 3 is 3.00 bits per heavy atom. The van der Waals surface area contributed by atoms with Gasteiger partial charge in [0.1, 0.15) is 0 Å². The number of benzene rings is 1. The zero-order valence-corrected chi connectivity index (χ0v) is 8.76. The summed E-state index contributed by atoms with van der Waals surface area (Å²) in [5, 5.41) is 0. The molecular formula is C13H16O2. The van der Waals surface area contributed by atoms with Crippen molar-refractivity contribution in [2.45, 2.75) is 25.7 Å². The van der Waals surface area contributed by atoms with Crippen molar-refractivity contribution in [3.63, 3.8) is 0 Å². The van der Waals surface area contributed by atoms with Gasteiger partial charge in [-0.1, -0.05) is 36.4 Å². The molecule has 0 saturated heterocycles. The first-order valence-electron chi connectivity index (χ1n) is 5.39. The number of hydrogen-bond donors (Lipinski definition) is 0. The van der Waals surface area contributed by atoms with E-state index in [1.807, 2.05) is 24.3 Å². The lowest BCUT2D eigenvalue weighted by Crippen LogP contribution is -2.13. The van der Waals surface area contributed by atoms with Gasteiger partial charge in [0.15, 0.2) is 6.29 Å². The molecule has 2 rings (SSSR count). The molecule has 2 nitrogen and oxygen atoms in total. The van der Waals surface area contributed by atoms with E-state index in [0.29, 0.717) is 6.61 Å². The van der Waals surface area contributed by atoms with Crippen molar-refractivity contribution in [2.24, 2.45) is 0 Å². The van der Waals surface area contributed by atoms with E-state index in [0.717, 1.165) is 19.4 Å². The van der Waals surface area contributed by atoms with Gasteiger partial charge in [0.05, 0.1) is 13.2 Å². The van der Waals surface area contributed by atoms with E-state index < -0.39 is 0 Å². The monoisotopic (exact) mass is 204 g/mol. The predicted octanol–water partition coefficient (Wildman–Crippen LogP) is 2.90. The van der Waals surface area contributed by atoms with Crippen LogP contribution in [0, 0.1) is 0 Å². The van der Waals surface area contributed by atoms with Gasteiger partial charge in [-0.15, -0.1) is 0 Å². The van der Waals surface area contributed by atoms with E-state index >= 15 is 0 Å². The van der Waals surface area contributed by atoms with Gasteiger partial charge in [0.2, 0.25) is 0 Å². The number of ether oxygens (including phenoxy) is 2. The summed E-state index contributed by atoms with van der Waals surface area (Å²) in [7, 11) is 0. The molecule has 1 aromatic rings. The highest BCUT2D eigenvalue weighted by Crippen LogP contribution is 2.09. The van der Waals surface area contributed by atoms with Crippen LogP contribution in [0.3, 0.4) is 0 Å². The molecule has 2 heteroatoms. The first-order chi connectivity index (χ1) is 7.45. The van der Waals surface area contributed by atoms with Crippen LogP contribution in [0.25, 0.3) is 0 Å². The molecule has 1 aromatic carbocycles. The smallest absolute Gasteiger partial charge is 0.177 e. The number of allylic oxidation sites excluding steroid dienone is 1. The zero-order chi connectivity index (χ0) is 10.3. The standard InChI is InChI=1S/C13H16O2/c1-3-7-12(8-4-1)11-15-13-9-5-2-6-10-14-13/h1,3-5,7-9,13H,2,6,10-11H2/t13-/m0/s1. The Morgan fingerprint density at radius 1 is 1.27 bits per heavy atom. The fraction of sp³-hybridized carbons (Fsp3) is 0.385. The summed E-state index contributed by atoms with van der Waals surface area (Å²) in [6.45, 7) is 1.39. The average molecular weight is 204 g/mol. The third-order valence-electron chi connectivity index (χ3n) is 2.35. The Morgan fingerprint density at radius 2 is 2.13 bits per heavy atom. The van der Waals surface area contributed by atoms with Gasteiger partial charge >= 0.3 is 0 Å². The Bertz CT molecular complexity index is 306. The Labute approximate surface area is 90.5 Å². The first-order valence-corrected chi connectivity index (χ1v) is 5.39. The van der Waals surface area contributed by atoms with E-state index in [-0.39, 0.29) is 6.29 Å². The molecule has 0 N–H and O–H groups in total. The molecule has 80 valence electrons. The van der Waals surface area contributed by atoms with E-state index in [9.17, 15) is 0 Å². The second kappa shape index (κ2) is 5.69. The maximum Gasteiger partial charge on any atom is 0.177 e. The van der Waals surface area contributed by atoms with Gasteiger partial charge in [-0.2, -0.15) is 0 Å². The lowest BCUT2D eigenvalue weighted by atomic mass is 10.2. The van der Waals surface area contributed by atoms with Crippen LogP contribution >= 0.6 is 0 Å². The summed E-state index contributed by atoms with van der Waals surface area (Å²) in [6.07, 6.45) is 6.12. The van der Waals surface area contributed by atoms with Crippen molar-refractivity contribution >= 4 is 0 Å². The minimum Gasteiger partial charge on any atom is -0.349 e. The summed E-state index contributed by atoms with van der Waals surface area (Å²) in [4.78, 5) is 0. The van der Waals surface area contributed by atoms with E-state index in [2.05, 4.69) is 18.2 Å². The second-order valence-electron chi connectivity index (χ2n) is 3.61. The molecule has 0 amide bonds. The summed E-state index contributed by atoms with van der Waals surface area (Å²) in [5.74, 6) is 0. The third kappa shape index (κ3) is 3.50. The summed E-state index contributed by atoms with van der Waals surface area (Å²) >= 11 is 0. The van der Waals surface area contributed by atoms with E-state index in [1.54, 1.807) is 0 Å². The van der Waals surface area contributed by atoms with Crippen molar-refractivity contribution in [3.8, 4) is 0 Å². The molecule has 0 unspecified atom stereocenters. The molecule has 0 saturated carbocycles. The number of rotatable bonds is 3. The molecule has 0 bridgehead atoms. The highest BCUT2D eigenvalue weighted by Gasteiger charge is 2.07. The highest BCUT2D eigenvalue weighted by molar-refractivity contribution is 5.13. The van der Waals surface area contributed by atoms with Crippen LogP contribution in [0.1, 0.15) is 18.4 Å². The lowest BCUT2D eigenvalue weighted by Gasteiger charge is -2.13. The molecule has 0 aromatic heterocycles. The van der Waals surface area contributed by atoms with Crippen molar-refractivity contribution in [1.82, 2.24) is 0 Å². The van der Waals surface area contributed by atoms with Crippen LogP contribution in [0.5, 0.6) is 0 Å². The molecule has 1 heterocycles. The van der Waals surface area contributed by atoms with Gasteiger partial charge < -0.3 is 9.47 Å². The van der Waals surface area contributed by atoms with E-state index in [1.165, 1.54) is 5.56 Å². The van der Waals surface area contributed by atoms with Gasteiger partial charge in [-0.3, -0.25) is 0 Å². The van der Waals surface area contributed by atoms with Crippen LogP contribution in [0.2, 0.25) is 0 Å². The Hall–Kier alpha value is -1.12. The van der Waals surface area contributed by atoms with Crippen molar-refractivity contribution in [2.75, 3.05) is 6.61 Å². The van der Waals surface area contributed by atoms with Crippen LogP contribution in [0.15, 0.2) is 42.5 Å². The molecule has 1 atom stereocenters. The van der Waals surface area contributed by atoms with E-state index in [4.69, 9.17) is 9.47 Å². The third-order valence-corrected chi connectivity index (χ3v) is 2.35. The van der Waals surface area contributed by atoms with Crippen LogP contribution < -0.4 is 0 Å². The average Bonchev–Trinajstić information content (AvgIpc) is 2.56.